The molecule has 2 atom stereocenters. The Balaban J connectivity index is 1.45. The quantitative estimate of drug-likeness (QED) is 0.892. The lowest BCUT2D eigenvalue weighted by atomic mass is 10.1. The van der Waals surface area contributed by atoms with E-state index < -0.39 is 0 Å². The second kappa shape index (κ2) is 5.31. The van der Waals surface area contributed by atoms with Crippen LogP contribution in [0, 0.1) is 5.92 Å². The van der Waals surface area contributed by atoms with E-state index in [1.165, 1.54) is 5.56 Å². The van der Waals surface area contributed by atoms with Gasteiger partial charge in [-0.2, -0.15) is 0 Å². The highest BCUT2D eigenvalue weighted by Crippen LogP contribution is 2.47. The van der Waals surface area contributed by atoms with Gasteiger partial charge in [-0.1, -0.05) is 30.3 Å². The minimum Gasteiger partial charge on any atom is -0.469 e. The monoisotopic (exact) mass is 255 g/mol. The molecule has 3 heteroatoms. The van der Waals surface area contributed by atoms with E-state index in [9.17, 15) is 4.79 Å². The predicted molar refractivity (Wildman–Crippen MR) is 72.7 cm³/mol. The minimum absolute atomic E-state index is 0.152. The van der Waals surface area contributed by atoms with Crippen LogP contribution in [0.5, 0.6) is 0 Å². The summed E-state index contributed by atoms with van der Waals surface area (Å²) in [5.41, 5.74) is 1.27. The average Bonchev–Trinajstić information content (AvgIpc) is 3.09. The molecule has 2 aromatic rings. The van der Waals surface area contributed by atoms with Crippen molar-refractivity contribution in [3.8, 4) is 0 Å². The van der Waals surface area contributed by atoms with Gasteiger partial charge in [0.1, 0.15) is 5.76 Å². The first-order valence-electron chi connectivity index (χ1n) is 6.69. The van der Waals surface area contributed by atoms with Gasteiger partial charge in [-0.3, -0.25) is 4.79 Å². The van der Waals surface area contributed by atoms with Crippen molar-refractivity contribution in [2.45, 2.75) is 18.8 Å². The third kappa shape index (κ3) is 2.87. The van der Waals surface area contributed by atoms with E-state index in [1.54, 1.807) is 6.26 Å². The van der Waals surface area contributed by atoms with Gasteiger partial charge in [0.05, 0.1) is 6.26 Å². The van der Waals surface area contributed by atoms with Crippen molar-refractivity contribution in [2.24, 2.45) is 5.92 Å². The zero-order valence-electron chi connectivity index (χ0n) is 10.7. The van der Waals surface area contributed by atoms with E-state index in [0.29, 0.717) is 12.5 Å². The SMILES string of the molecule is O=C(NCCc1ccco1)[C@@H]1C[C@H]1c1ccccc1. The normalized spacial score (nSPS) is 21.1. The highest BCUT2D eigenvalue weighted by atomic mass is 16.3. The van der Waals surface area contributed by atoms with E-state index in [2.05, 4.69) is 17.4 Å². The molecule has 1 N–H and O–H groups in total. The number of carbonyl (C=O) groups excluding carboxylic acids is 1. The molecule has 1 aliphatic rings. The van der Waals surface area contributed by atoms with Crippen LogP contribution < -0.4 is 5.32 Å². The fraction of sp³-hybridized carbons (Fsp3) is 0.312. The summed E-state index contributed by atoms with van der Waals surface area (Å²) >= 11 is 0. The van der Waals surface area contributed by atoms with Crippen molar-refractivity contribution in [3.05, 3.63) is 60.1 Å². The molecule has 1 aromatic carbocycles. The van der Waals surface area contributed by atoms with E-state index in [4.69, 9.17) is 4.42 Å². The van der Waals surface area contributed by atoms with Gasteiger partial charge >= 0.3 is 0 Å². The first kappa shape index (κ1) is 12.0. The van der Waals surface area contributed by atoms with Crippen LogP contribution in [0.3, 0.4) is 0 Å². The summed E-state index contributed by atoms with van der Waals surface area (Å²) in [6.07, 6.45) is 3.38. The maximum absolute atomic E-state index is 12.0. The average molecular weight is 255 g/mol. The molecule has 98 valence electrons. The molecule has 0 spiro atoms. The summed E-state index contributed by atoms with van der Waals surface area (Å²) in [5, 5.41) is 2.98. The van der Waals surface area contributed by atoms with E-state index in [-0.39, 0.29) is 11.8 Å². The van der Waals surface area contributed by atoms with Gasteiger partial charge in [-0.25, -0.2) is 0 Å². The number of rotatable bonds is 5. The molecular formula is C16H17NO2. The summed E-state index contributed by atoms with van der Waals surface area (Å²) in [6, 6.07) is 14.0. The van der Waals surface area contributed by atoms with Gasteiger partial charge in [-0.15, -0.1) is 0 Å². The van der Waals surface area contributed by atoms with Gasteiger partial charge in [0.2, 0.25) is 5.91 Å². The molecule has 1 saturated carbocycles. The molecule has 1 aromatic heterocycles. The van der Waals surface area contributed by atoms with Crippen molar-refractivity contribution in [2.75, 3.05) is 6.54 Å². The Kier molecular flexibility index (Phi) is 3.36. The molecule has 0 aliphatic heterocycles. The van der Waals surface area contributed by atoms with Crippen LogP contribution in [0.2, 0.25) is 0 Å². The Labute approximate surface area is 112 Å². The third-order valence-corrected chi connectivity index (χ3v) is 3.61. The Hall–Kier alpha value is -2.03. The number of amides is 1. The number of benzene rings is 1. The van der Waals surface area contributed by atoms with Gasteiger partial charge in [0.25, 0.3) is 0 Å². The maximum atomic E-state index is 12.0. The summed E-state index contributed by atoms with van der Waals surface area (Å²) in [7, 11) is 0. The molecule has 1 fully saturated rings. The fourth-order valence-corrected chi connectivity index (χ4v) is 2.45. The lowest BCUT2D eigenvalue weighted by molar-refractivity contribution is -0.122. The van der Waals surface area contributed by atoms with Crippen LogP contribution in [-0.2, 0) is 11.2 Å². The van der Waals surface area contributed by atoms with Crippen molar-refractivity contribution in [3.63, 3.8) is 0 Å². The Bertz CT molecular complexity index is 533. The number of carbonyl (C=O) groups is 1. The molecule has 19 heavy (non-hydrogen) atoms. The van der Waals surface area contributed by atoms with Crippen LogP contribution in [0.1, 0.15) is 23.7 Å². The first-order chi connectivity index (χ1) is 9.34. The molecule has 0 unspecified atom stereocenters. The molecule has 3 rings (SSSR count). The Morgan fingerprint density at radius 1 is 1.21 bits per heavy atom. The van der Waals surface area contributed by atoms with Crippen molar-refractivity contribution in [1.82, 2.24) is 5.32 Å². The smallest absolute Gasteiger partial charge is 0.223 e. The van der Waals surface area contributed by atoms with Crippen LogP contribution in [0.25, 0.3) is 0 Å². The molecule has 0 radical (unpaired) electrons. The second-order valence-electron chi connectivity index (χ2n) is 4.98. The first-order valence-corrected chi connectivity index (χ1v) is 6.69. The summed E-state index contributed by atoms with van der Waals surface area (Å²) < 4.78 is 5.23. The van der Waals surface area contributed by atoms with Crippen molar-refractivity contribution >= 4 is 5.91 Å². The van der Waals surface area contributed by atoms with E-state index in [1.807, 2.05) is 30.3 Å². The Morgan fingerprint density at radius 2 is 2.05 bits per heavy atom. The zero-order valence-corrected chi connectivity index (χ0v) is 10.7. The lowest BCUT2D eigenvalue weighted by Gasteiger charge is -2.03. The number of hydrogen-bond donors (Lipinski definition) is 1. The highest BCUT2D eigenvalue weighted by molar-refractivity contribution is 5.82. The van der Waals surface area contributed by atoms with E-state index >= 15 is 0 Å². The van der Waals surface area contributed by atoms with Gasteiger partial charge in [0.15, 0.2) is 0 Å². The zero-order chi connectivity index (χ0) is 13.1. The van der Waals surface area contributed by atoms with Crippen molar-refractivity contribution in [1.29, 1.82) is 0 Å². The molecule has 1 aliphatic carbocycles. The summed E-state index contributed by atoms with van der Waals surface area (Å²) in [6.45, 7) is 0.643. The fourth-order valence-electron chi connectivity index (χ4n) is 2.45. The maximum Gasteiger partial charge on any atom is 0.223 e. The summed E-state index contributed by atoms with van der Waals surface area (Å²) in [4.78, 5) is 12.0. The number of hydrogen-bond acceptors (Lipinski definition) is 2. The highest BCUT2D eigenvalue weighted by Gasteiger charge is 2.43. The molecule has 0 bridgehead atoms. The van der Waals surface area contributed by atoms with Crippen LogP contribution in [0.4, 0.5) is 0 Å². The molecule has 1 amide bonds. The van der Waals surface area contributed by atoms with Gasteiger partial charge in [-0.05, 0) is 30.0 Å². The third-order valence-electron chi connectivity index (χ3n) is 3.61. The number of nitrogens with one attached hydrogen (secondary N) is 1. The van der Waals surface area contributed by atoms with Gasteiger partial charge in [0, 0.05) is 18.9 Å². The largest absolute Gasteiger partial charge is 0.469 e. The molecular weight excluding hydrogens is 238 g/mol. The van der Waals surface area contributed by atoms with Crippen molar-refractivity contribution < 1.29 is 9.21 Å². The topological polar surface area (TPSA) is 42.2 Å². The second-order valence-corrected chi connectivity index (χ2v) is 4.98. The van der Waals surface area contributed by atoms with Crippen LogP contribution in [0.15, 0.2) is 53.1 Å². The summed E-state index contributed by atoms with van der Waals surface area (Å²) in [5.74, 6) is 1.64. The standard InChI is InChI=1S/C16H17NO2/c18-16(17-9-8-13-7-4-10-19-13)15-11-14(15)12-5-2-1-3-6-12/h1-7,10,14-15H,8-9,11H2,(H,17,18)/t14-,15+/m0/s1. The molecule has 0 saturated heterocycles. The lowest BCUT2D eigenvalue weighted by Crippen LogP contribution is -2.27. The molecule has 1 heterocycles. The van der Waals surface area contributed by atoms with Gasteiger partial charge < -0.3 is 9.73 Å². The van der Waals surface area contributed by atoms with E-state index in [0.717, 1.165) is 18.6 Å². The Morgan fingerprint density at radius 3 is 2.79 bits per heavy atom. The number of furan rings is 1. The molecule has 3 nitrogen and oxygen atoms in total. The minimum atomic E-state index is 0.152. The van der Waals surface area contributed by atoms with Crippen LogP contribution >= 0.6 is 0 Å². The predicted octanol–water partition coefficient (Wildman–Crippen LogP) is 2.74. The van der Waals surface area contributed by atoms with Crippen LogP contribution in [-0.4, -0.2) is 12.5 Å².